The van der Waals surface area contributed by atoms with E-state index in [1.165, 1.54) is 19.3 Å². The summed E-state index contributed by atoms with van der Waals surface area (Å²) in [6.07, 6.45) is 3.78. The van der Waals surface area contributed by atoms with Crippen molar-refractivity contribution in [2.75, 3.05) is 13.1 Å². The maximum absolute atomic E-state index is 6.05. The van der Waals surface area contributed by atoms with Crippen LogP contribution in [0.2, 0.25) is 0 Å². The second-order valence-electron chi connectivity index (χ2n) is 5.89. The molecule has 2 rings (SSSR count). The van der Waals surface area contributed by atoms with E-state index in [9.17, 15) is 0 Å². The van der Waals surface area contributed by atoms with Gasteiger partial charge < -0.3 is 10.6 Å². The van der Waals surface area contributed by atoms with Crippen molar-refractivity contribution in [1.29, 1.82) is 0 Å². The minimum Gasteiger partial charge on any atom is -0.370 e. The Hall–Kier alpha value is 0. The first-order chi connectivity index (χ1) is 6.99. The summed E-state index contributed by atoms with van der Waals surface area (Å²) >= 11 is 0. The van der Waals surface area contributed by atoms with Gasteiger partial charge in [-0.05, 0) is 30.6 Å². The van der Waals surface area contributed by atoms with Gasteiger partial charge in [0.1, 0.15) is 0 Å². The Labute approximate surface area is 116 Å². The Morgan fingerprint density at radius 1 is 1.44 bits per heavy atom. The fourth-order valence-electron chi connectivity index (χ4n) is 2.30. The number of likely N-dealkylation sites (tertiary alicyclic amines) is 1. The molecule has 1 saturated heterocycles. The highest BCUT2D eigenvalue weighted by molar-refractivity contribution is 14.0. The minimum atomic E-state index is 0. The van der Waals surface area contributed by atoms with Gasteiger partial charge in [0, 0.05) is 13.1 Å². The summed E-state index contributed by atoms with van der Waals surface area (Å²) in [7, 11) is 0. The Bertz CT molecular complexity index is 275. The molecule has 4 heteroatoms. The molecule has 1 aliphatic heterocycles. The monoisotopic (exact) mass is 337 g/mol. The lowest BCUT2D eigenvalue weighted by Crippen LogP contribution is -2.43. The summed E-state index contributed by atoms with van der Waals surface area (Å²) in [6.45, 7) is 8.98. The molecule has 3 nitrogen and oxygen atoms in total. The smallest absolute Gasteiger partial charge is 0.191 e. The lowest BCUT2D eigenvalue weighted by atomic mass is 10.0. The van der Waals surface area contributed by atoms with Gasteiger partial charge in [0.25, 0.3) is 0 Å². The molecular weight excluding hydrogens is 313 g/mol. The van der Waals surface area contributed by atoms with E-state index in [1.54, 1.807) is 0 Å². The van der Waals surface area contributed by atoms with Crippen LogP contribution >= 0.6 is 24.0 Å². The lowest BCUT2D eigenvalue weighted by molar-refractivity contribution is 0.270. The number of halogens is 1. The molecule has 1 heterocycles. The number of piperidine rings is 1. The fourth-order valence-corrected chi connectivity index (χ4v) is 2.30. The first-order valence-electron chi connectivity index (χ1n) is 6.07. The van der Waals surface area contributed by atoms with Crippen molar-refractivity contribution in [2.45, 2.75) is 46.1 Å². The molecule has 0 aromatic heterocycles. The van der Waals surface area contributed by atoms with E-state index in [4.69, 9.17) is 5.73 Å². The van der Waals surface area contributed by atoms with Crippen molar-refractivity contribution < 1.29 is 0 Å². The van der Waals surface area contributed by atoms with Gasteiger partial charge in [0.15, 0.2) is 5.96 Å². The molecular formula is C12H24IN3. The first-order valence-corrected chi connectivity index (χ1v) is 6.07. The van der Waals surface area contributed by atoms with Crippen molar-refractivity contribution >= 4 is 29.9 Å². The largest absolute Gasteiger partial charge is 0.370 e. The quantitative estimate of drug-likeness (QED) is 0.454. The number of rotatable bonds is 1. The number of aliphatic imine (C=N–C) groups is 1. The Kier molecular flexibility index (Phi) is 4.49. The molecule has 0 aromatic rings. The summed E-state index contributed by atoms with van der Waals surface area (Å²) in [4.78, 5) is 6.87. The van der Waals surface area contributed by atoms with Crippen LogP contribution in [0.3, 0.4) is 0 Å². The molecule has 0 bridgehead atoms. The van der Waals surface area contributed by atoms with E-state index >= 15 is 0 Å². The van der Waals surface area contributed by atoms with Gasteiger partial charge in [-0.1, -0.05) is 20.8 Å². The van der Waals surface area contributed by atoms with Crippen LogP contribution in [0.25, 0.3) is 0 Å². The van der Waals surface area contributed by atoms with Gasteiger partial charge in [-0.15, -0.1) is 24.0 Å². The van der Waals surface area contributed by atoms with E-state index in [2.05, 4.69) is 30.7 Å². The first kappa shape index (κ1) is 14.1. The maximum atomic E-state index is 6.05. The van der Waals surface area contributed by atoms with Crippen LogP contribution in [0.1, 0.15) is 40.0 Å². The average molecular weight is 337 g/mol. The van der Waals surface area contributed by atoms with Crippen LogP contribution in [-0.4, -0.2) is 30.0 Å². The molecule has 2 aliphatic rings. The number of hydrogen-bond donors (Lipinski definition) is 1. The number of nitrogens with two attached hydrogens (primary N) is 1. The standard InChI is InChI=1S/C12H23N3.HI/c1-9-5-4-6-15(8-9)11(13)14-10-7-12(10,2)3;/h9-10H,4-8H2,1-3H3,(H2,13,14);1H. The van der Waals surface area contributed by atoms with Gasteiger partial charge in [-0.3, -0.25) is 0 Å². The normalized spacial score (nSPS) is 33.2. The van der Waals surface area contributed by atoms with Gasteiger partial charge in [0.05, 0.1) is 6.04 Å². The second-order valence-corrected chi connectivity index (χ2v) is 5.89. The SMILES string of the molecule is CC1CCCN(C(N)=NC2CC2(C)C)C1.I. The Morgan fingerprint density at radius 3 is 2.56 bits per heavy atom. The van der Waals surface area contributed by atoms with Crippen molar-refractivity contribution in [2.24, 2.45) is 22.1 Å². The average Bonchev–Trinajstić information content (AvgIpc) is 2.73. The topological polar surface area (TPSA) is 41.6 Å². The third-order valence-electron chi connectivity index (χ3n) is 3.73. The molecule has 2 atom stereocenters. The highest BCUT2D eigenvalue weighted by atomic mass is 127. The van der Waals surface area contributed by atoms with Crippen molar-refractivity contribution in [3.63, 3.8) is 0 Å². The predicted molar refractivity (Wildman–Crippen MR) is 79.2 cm³/mol. The van der Waals surface area contributed by atoms with Gasteiger partial charge in [0.2, 0.25) is 0 Å². The van der Waals surface area contributed by atoms with E-state index in [-0.39, 0.29) is 24.0 Å². The third-order valence-corrected chi connectivity index (χ3v) is 3.73. The van der Waals surface area contributed by atoms with Crippen LogP contribution < -0.4 is 5.73 Å². The van der Waals surface area contributed by atoms with E-state index < -0.39 is 0 Å². The van der Waals surface area contributed by atoms with E-state index in [0.29, 0.717) is 11.5 Å². The molecule has 0 amide bonds. The Morgan fingerprint density at radius 2 is 2.06 bits per heavy atom. The third kappa shape index (κ3) is 3.25. The summed E-state index contributed by atoms with van der Waals surface area (Å²) in [5, 5.41) is 0. The van der Waals surface area contributed by atoms with Crippen molar-refractivity contribution in [3.05, 3.63) is 0 Å². The van der Waals surface area contributed by atoms with Crippen molar-refractivity contribution in [3.8, 4) is 0 Å². The molecule has 94 valence electrons. The zero-order valence-corrected chi connectivity index (χ0v) is 12.9. The van der Waals surface area contributed by atoms with Crippen LogP contribution in [-0.2, 0) is 0 Å². The summed E-state index contributed by atoms with van der Waals surface area (Å²) < 4.78 is 0. The van der Waals surface area contributed by atoms with Gasteiger partial charge in [-0.2, -0.15) is 0 Å². The molecule has 16 heavy (non-hydrogen) atoms. The molecule has 2 N–H and O–H groups in total. The molecule has 1 saturated carbocycles. The highest BCUT2D eigenvalue weighted by Crippen LogP contribution is 2.47. The lowest BCUT2D eigenvalue weighted by Gasteiger charge is -2.31. The number of nitrogens with zero attached hydrogens (tertiary/aromatic N) is 2. The molecule has 2 fully saturated rings. The number of guanidine groups is 1. The fraction of sp³-hybridized carbons (Fsp3) is 0.917. The van der Waals surface area contributed by atoms with E-state index in [1.807, 2.05) is 0 Å². The maximum Gasteiger partial charge on any atom is 0.191 e. The molecule has 0 aromatic carbocycles. The molecule has 0 spiro atoms. The number of hydrogen-bond acceptors (Lipinski definition) is 1. The highest BCUT2D eigenvalue weighted by Gasteiger charge is 2.46. The minimum absolute atomic E-state index is 0. The van der Waals surface area contributed by atoms with Crippen LogP contribution in [0, 0.1) is 11.3 Å². The summed E-state index contributed by atoms with van der Waals surface area (Å²) in [6, 6.07) is 0.467. The zero-order chi connectivity index (χ0) is 11.1. The van der Waals surface area contributed by atoms with E-state index in [0.717, 1.165) is 25.0 Å². The summed E-state index contributed by atoms with van der Waals surface area (Å²) in [5.74, 6) is 1.54. The van der Waals surface area contributed by atoms with Crippen molar-refractivity contribution in [1.82, 2.24) is 4.90 Å². The molecule has 2 unspecified atom stereocenters. The van der Waals surface area contributed by atoms with Crippen LogP contribution in [0.15, 0.2) is 4.99 Å². The predicted octanol–water partition coefficient (Wildman–Crippen LogP) is 2.45. The summed E-state index contributed by atoms with van der Waals surface area (Å²) in [5.41, 5.74) is 6.44. The van der Waals surface area contributed by atoms with Gasteiger partial charge >= 0.3 is 0 Å². The molecule has 0 radical (unpaired) electrons. The van der Waals surface area contributed by atoms with Crippen LogP contribution in [0.4, 0.5) is 0 Å². The second kappa shape index (κ2) is 5.10. The molecule has 1 aliphatic carbocycles. The van der Waals surface area contributed by atoms with Crippen LogP contribution in [0.5, 0.6) is 0 Å². The zero-order valence-electron chi connectivity index (χ0n) is 10.6. The van der Waals surface area contributed by atoms with Gasteiger partial charge in [-0.25, -0.2) is 4.99 Å². The Balaban J connectivity index is 0.00000128.